The van der Waals surface area contributed by atoms with Crippen molar-refractivity contribution < 1.29 is 0 Å². The Bertz CT molecular complexity index is 257. The zero-order chi connectivity index (χ0) is 11.8. The van der Waals surface area contributed by atoms with Crippen molar-refractivity contribution in [2.75, 3.05) is 6.54 Å². The molecule has 0 radical (unpaired) electrons. The number of hydrogen-bond acceptors (Lipinski definition) is 3. The highest BCUT2D eigenvalue weighted by Crippen LogP contribution is 2.13. The fraction of sp³-hybridized carbons (Fsp3) is 0.769. The van der Waals surface area contributed by atoms with Gasteiger partial charge in [-0.05, 0) is 31.7 Å². The number of aromatic nitrogens is 1. The molecule has 0 saturated heterocycles. The quantitative estimate of drug-likeness (QED) is 0.752. The maximum absolute atomic E-state index is 4.37. The molecule has 1 aromatic heterocycles. The van der Waals surface area contributed by atoms with Crippen LogP contribution in [0.25, 0.3) is 0 Å². The smallest absolute Gasteiger partial charge is 0.0940 e. The summed E-state index contributed by atoms with van der Waals surface area (Å²) in [5.41, 5.74) is 0. The molecule has 2 nitrogen and oxygen atoms in total. The first kappa shape index (κ1) is 13.7. The maximum atomic E-state index is 4.37. The molecule has 0 fully saturated rings. The second-order valence-corrected chi connectivity index (χ2v) is 5.73. The molecule has 1 atom stereocenters. The Morgan fingerprint density at radius 1 is 1.38 bits per heavy atom. The standard InChI is InChI=1S/C13H24N2S/c1-4-7-14-12(6-5-11(2)3)10-13-15-8-9-16-13/h8-9,11-12,14H,4-7,10H2,1-3H3. The molecule has 1 aromatic rings. The zero-order valence-corrected chi connectivity index (χ0v) is 11.5. The van der Waals surface area contributed by atoms with Gasteiger partial charge in [-0.25, -0.2) is 4.98 Å². The predicted octanol–water partition coefficient (Wildman–Crippen LogP) is 3.49. The molecule has 0 bridgehead atoms. The second kappa shape index (κ2) is 7.80. The first-order chi connectivity index (χ1) is 7.72. The van der Waals surface area contributed by atoms with Crippen molar-refractivity contribution in [3.63, 3.8) is 0 Å². The Kier molecular flexibility index (Phi) is 6.65. The Labute approximate surface area is 103 Å². The molecule has 1 heterocycles. The van der Waals surface area contributed by atoms with Crippen molar-refractivity contribution in [2.24, 2.45) is 5.92 Å². The van der Waals surface area contributed by atoms with Gasteiger partial charge in [-0.2, -0.15) is 0 Å². The van der Waals surface area contributed by atoms with Crippen LogP contribution in [0, 0.1) is 5.92 Å². The highest BCUT2D eigenvalue weighted by atomic mass is 32.1. The molecule has 0 aliphatic heterocycles. The summed E-state index contributed by atoms with van der Waals surface area (Å²) in [4.78, 5) is 4.37. The van der Waals surface area contributed by atoms with Crippen LogP contribution in [0.1, 0.15) is 45.0 Å². The van der Waals surface area contributed by atoms with E-state index in [9.17, 15) is 0 Å². The van der Waals surface area contributed by atoms with Gasteiger partial charge < -0.3 is 5.32 Å². The molecule has 0 saturated carbocycles. The fourth-order valence-electron chi connectivity index (χ4n) is 1.72. The van der Waals surface area contributed by atoms with E-state index in [1.807, 2.05) is 6.20 Å². The minimum atomic E-state index is 0.605. The van der Waals surface area contributed by atoms with Gasteiger partial charge in [-0.1, -0.05) is 20.8 Å². The number of thiazole rings is 1. The third-order valence-corrected chi connectivity index (χ3v) is 3.48. The van der Waals surface area contributed by atoms with Crippen LogP contribution in [-0.2, 0) is 6.42 Å². The molecular formula is C13H24N2S. The lowest BCUT2D eigenvalue weighted by molar-refractivity contribution is 0.427. The van der Waals surface area contributed by atoms with Crippen LogP contribution < -0.4 is 5.32 Å². The Morgan fingerprint density at radius 3 is 2.75 bits per heavy atom. The normalized spacial score (nSPS) is 13.2. The van der Waals surface area contributed by atoms with E-state index in [1.165, 1.54) is 24.3 Å². The third-order valence-electron chi connectivity index (χ3n) is 2.68. The van der Waals surface area contributed by atoms with Crippen molar-refractivity contribution in [1.29, 1.82) is 0 Å². The van der Waals surface area contributed by atoms with Crippen LogP contribution in [0.3, 0.4) is 0 Å². The van der Waals surface area contributed by atoms with Gasteiger partial charge in [0.15, 0.2) is 0 Å². The van der Waals surface area contributed by atoms with Crippen molar-refractivity contribution >= 4 is 11.3 Å². The van der Waals surface area contributed by atoms with Crippen molar-refractivity contribution in [1.82, 2.24) is 10.3 Å². The molecule has 0 aromatic carbocycles. The zero-order valence-electron chi connectivity index (χ0n) is 10.7. The highest BCUT2D eigenvalue weighted by molar-refractivity contribution is 7.09. The second-order valence-electron chi connectivity index (χ2n) is 4.75. The molecule has 0 spiro atoms. The van der Waals surface area contributed by atoms with E-state index in [-0.39, 0.29) is 0 Å². The summed E-state index contributed by atoms with van der Waals surface area (Å²) in [6.07, 6.45) is 6.75. The van der Waals surface area contributed by atoms with Gasteiger partial charge in [0.1, 0.15) is 0 Å². The van der Waals surface area contributed by atoms with E-state index in [2.05, 4.69) is 36.5 Å². The van der Waals surface area contributed by atoms with Crippen molar-refractivity contribution in [2.45, 2.75) is 52.5 Å². The number of nitrogens with zero attached hydrogens (tertiary/aromatic N) is 1. The minimum Gasteiger partial charge on any atom is -0.314 e. The van der Waals surface area contributed by atoms with Crippen LogP contribution in [0.4, 0.5) is 0 Å². The van der Waals surface area contributed by atoms with Gasteiger partial charge in [0.2, 0.25) is 0 Å². The molecule has 3 heteroatoms. The average Bonchev–Trinajstić information content (AvgIpc) is 2.74. The van der Waals surface area contributed by atoms with E-state index in [1.54, 1.807) is 11.3 Å². The van der Waals surface area contributed by atoms with Crippen LogP contribution in [0.2, 0.25) is 0 Å². The van der Waals surface area contributed by atoms with Gasteiger partial charge in [-0.3, -0.25) is 0 Å². The third kappa shape index (κ3) is 5.61. The first-order valence-electron chi connectivity index (χ1n) is 6.34. The van der Waals surface area contributed by atoms with Crippen molar-refractivity contribution in [3.8, 4) is 0 Å². The molecule has 16 heavy (non-hydrogen) atoms. The van der Waals surface area contributed by atoms with Crippen LogP contribution >= 0.6 is 11.3 Å². The molecule has 0 amide bonds. The monoisotopic (exact) mass is 240 g/mol. The minimum absolute atomic E-state index is 0.605. The van der Waals surface area contributed by atoms with E-state index < -0.39 is 0 Å². The highest BCUT2D eigenvalue weighted by Gasteiger charge is 2.10. The summed E-state index contributed by atoms with van der Waals surface area (Å²) in [6.45, 7) is 7.92. The van der Waals surface area contributed by atoms with Crippen LogP contribution in [-0.4, -0.2) is 17.6 Å². The van der Waals surface area contributed by atoms with Crippen LogP contribution in [0.5, 0.6) is 0 Å². The van der Waals surface area contributed by atoms with E-state index in [0.717, 1.165) is 18.9 Å². The summed E-state index contributed by atoms with van der Waals surface area (Å²) in [6, 6.07) is 0.605. The molecule has 1 rings (SSSR count). The predicted molar refractivity (Wildman–Crippen MR) is 72.0 cm³/mol. The van der Waals surface area contributed by atoms with E-state index >= 15 is 0 Å². The van der Waals surface area contributed by atoms with Gasteiger partial charge >= 0.3 is 0 Å². The van der Waals surface area contributed by atoms with Gasteiger partial charge in [-0.15, -0.1) is 11.3 Å². The Hall–Kier alpha value is -0.410. The summed E-state index contributed by atoms with van der Waals surface area (Å²) in [7, 11) is 0. The lowest BCUT2D eigenvalue weighted by Crippen LogP contribution is -2.32. The van der Waals surface area contributed by atoms with Crippen molar-refractivity contribution in [3.05, 3.63) is 16.6 Å². The SMILES string of the molecule is CCCNC(CCC(C)C)Cc1nccs1. The first-order valence-corrected chi connectivity index (χ1v) is 7.22. The summed E-state index contributed by atoms with van der Waals surface area (Å²) in [5, 5.41) is 6.96. The summed E-state index contributed by atoms with van der Waals surface area (Å²) in [5.74, 6) is 0.794. The van der Waals surface area contributed by atoms with Gasteiger partial charge in [0.25, 0.3) is 0 Å². The van der Waals surface area contributed by atoms with Gasteiger partial charge in [0, 0.05) is 24.0 Å². The lowest BCUT2D eigenvalue weighted by Gasteiger charge is -2.18. The molecule has 1 N–H and O–H groups in total. The number of nitrogens with one attached hydrogen (secondary N) is 1. The Morgan fingerprint density at radius 2 is 2.19 bits per heavy atom. The largest absolute Gasteiger partial charge is 0.314 e. The summed E-state index contributed by atoms with van der Waals surface area (Å²) >= 11 is 1.77. The molecule has 1 unspecified atom stereocenters. The van der Waals surface area contributed by atoms with E-state index in [0.29, 0.717) is 6.04 Å². The lowest BCUT2D eigenvalue weighted by atomic mass is 10.0. The van der Waals surface area contributed by atoms with Crippen LogP contribution in [0.15, 0.2) is 11.6 Å². The molecule has 92 valence electrons. The Balaban J connectivity index is 2.36. The van der Waals surface area contributed by atoms with E-state index in [4.69, 9.17) is 0 Å². The number of rotatable bonds is 8. The fourth-order valence-corrected chi connectivity index (χ4v) is 2.42. The molecule has 0 aliphatic carbocycles. The van der Waals surface area contributed by atoms with Gasteiger partial charge in [0.05, 0.1) is 5.01 Å². The molecule has 0 aliphatic rings. The maximum Gasteiger partial charge on any atom is 0.0940 e. The average molecular weight is 240 g/mol. The number of hydrogen-bond donors (Lipinski definition) is 1. The summed E-state index contributed by atoms with van der Waals surface area (Å²) < 4.78 is 0. The molecular weight excluding hydrogens is 216 g/mol. The topological polar surface area (TPSA) is 24.9 Å².